The number of halogens is 6. The van der Waals surface area contributed by atoms with Crippen LogP contribution in [0.25, 0.3) is 0 Å². The average Bonchev–Trinajstić information content (AvgIpc) is 2.99. The summed E-state index contributed by atoms with van der Waals surface area (Å²) in [7, 11) is -4.19. The van der Waals surface area contributed by atoms with Gasteiger partial charge in [-0.15, -0.1) is 11.6 Å². The first-order valence-electron chi connectivity index (χ1n) is 13.7. The lowest BCUT2D eigenvalue weighted by Gasteiger charge is -2.38. The number of anilines is 1. The summed E-state index contributed by atoms with van der Waals surface area (Å²) in [6, 6.07) is 7.91. The van der Waals surface area contributed by atoms with E-state index in [1.54, 1.807) is 0 Å². The van der Waals surface area contributed by atoms with Crippen LogP contribution in [0.5, 0.6) is 0 Å². The third-order valence-corrected chi connectivity index (χ3v) is 9.75. The number of nitrogens with zero attached hydrogens (tertiary/aromatic N) is 1. The van der Waals surface area contributed by atoms with Crippen molar-refractivity contribution >= 4 is 33.2 Å². The number of carbonyl (C=O) groups excluding carboxylic acids is 1. The zero-order chi connectivity index (χ0) is 31.9. The van der Waals surface area contributed by atoms with E-state index in [1.807, 2.05) is 0 Å². The van der Waals surface area contributed by atoms with Crippen LogP contribution in [0.3, 0.4) is 0 Å². The van der Waals surface area contributed by atoms with Crippen LogP contribution in [0.4, 0.5) is 27.6 Å². The van der Waals surface area contributed by atoms with Gasteiger partial charge in [-0.2, -0.15) is 0 Å². The summed E-state index contributed by atoms with van der Waals surface area (Å²) in [5.74, 6) is -5.04. The van der Waals surface area contributed by atoms with E-state index >= 15 is 4.39 Å². The maximum Gasteiger partial charge on any atom is 0.231 e. The van der Waals surface area contributed by atoms with E-state index in [4.69, 9.17) is 11.6 Å². The Morgan fingerprint density at radius 2 is 1.70 bits per heavy atom. The fourth-order valence-electron chi connectivity index (χ4n) is 5.06. The molecule has 1 aliphatic heterocycles. The van der Waals surface area contributed by atoms with Crippen molar-refractivity contribution in [2.45, 2.75) is 36.2 Å². The second kappa shape index (κ2) is 14.7. The van der Waals surface area contributed by atoms with Crippen molar-refractivity contribution in [2.75, 3.05) is 37.4 Å². The number of nitrogens with one attached hydrogen (secondary N) is 4. The second-order valence-electron chi connectivity index (χ2n) is 10.4. The monoisotopic (exact) mass is 659 g/mol. The van der Waals surface area contributed by atoms with Crippen LogP contribution in [0.2, 0.25) is 0 Å². The summed E-state index contributed by atoms with van der Waals surface area (Å²) >= 11 is 5.47. The average molecular weight is 660 g/mol. The van der Waals surface area contributed by atoms with E-state index in [0.717, 1.165) is 30.5 Å². The van der Waals surface area contributed by atoms with Crippen LogP contribution in [0, 0.1) is 23.3 Å². The van der Waals surface area contributed by atoms with Gasteiger partial charge in [0.2, 0.25) is 15.9 Å². The number of rotatable bonds is 13. The molecule has 1 fully saturated rings. The number of hydrogen-bond donors (Lipinski definition) is 4. The second-order valence-corrected chi connectivity index (χ2v) is 12.8. The van der Waals surface area contributed by atoms with Gasteiger partial charge in [-0.05, 0) is 48.2 Å². The highest BCUT2D eigenvalue weighted by Gasteiger charge is 2.44. The van der Waals surface area contributed by atoms with E-state index in [1.165, 1.54) is 18.3 Å². The van der Waals surface area contributed by atoms with Gasteiger partial charge in [0.1, 0.15) is 34.3 Å². The van der Waals surface area contributed by atoms with Crippen LogP contribution in [-0.4, -0.2) is 62.4 Å². The van der Waals surface area contributed by atoms with E-state index < -0.39 is 68.6 Å². The summed E-state index contributed by atoms with van der Waals surface area (Å²) in [5, 5.41) is 8.53. The van der Waals surface area contributed by atoms with Crippen molar-refractivity contribution in [2.24, 2.45) is 0 Å². The van der Waals surface area contributed by atoms with Crippen LogP contribution in [0.15, 0.2) is 54.9 Å². The van der Waals surface area contributed by atoms with Gasteiger partial charge in [-0.3, -0.25) is 15.1 Å². The van der Waals surface area contributed by atoms with E-state index in [9.17, 15) is 30.8 Å². The number of sulfonamides is 1. The quantitative estimate of drug-likeness (QED) is 0.162. The molecule has 1 saturated heterocycles. The lowest BCUT2D eigenvalue weighted by molar-refractivity contribution is -0.116. The molecule has 0 aliphatic carbocycles. The first kappa shape index (κ1) is 33.7. The SMILES string of the molecule is O=C(C[C@@H](c1ccc(F)cc1)c1cc(F)cc(F)c1)Nc1cncc(F)c1CC[C@]1(S(=O)(=O)NCC(F)CCl)CNCCN1. The number of pyridine rings is 1. The molecule has 1 amide bonds. The minimum Gasteiger partial charge on any atom is -0.324 e. The molecule has 1 unspecified atom stereocenters. The number of benzene rings is 2. The fourth-order valence-corrected chi connectivity index (χ4v) is 6.80. The van der Waals surface area contributed by atoms with Crippen LogP contribution in [-0.2, 0) is 21.2 Å². The van der Waals surface area contributed by atoms with Crippen molar-refractivity contribution in [3.63, 3.8) is 0 Å². The van der Waals surface area contributed by atoms with Gasteiger partial charge in [0.25, 0.3) is 0 Å². The molecule has 44 heavy (non-hydrogen) atoms. The van der Waals surface area contributed by atoms with Crippen molar-refractivity contribution in [3.8, 4) is 0 Å². The van der Waals surface area contributed by atoms with Crippen molar-refractivity contribution < 1.29 is 35.2 Å². The van der Waals surface area contributed by atoms with Gasteiger partial charge in [-0.25, -0.2) is 35.1 Å². The highest BCUT2D eigenvalue weighted by atomic mass is 35.5. The summed E-state index contributed by atoms with van der Waals surface area (Å²) in [6.07, 6.45) is -0.194. The Morgan fingerprint density at radius 1 is 1.00 bits per heavy atom. The molecule has 0 spiro atoms. The number of amides is 1. The lowest BCUT2D eigenvalue weighted by Crippen LogP contribution is -2.66. The van der Waals surface area contributed by atoms with Crippen LogP contribution >= 0.6 is 11.6 Å². The molecule has 1 aliphatic rings. The van der Waals surface area contributed by atoms with Crippen molar-refractivity contribution in [1.29, 1.82) is 0 Å². The predicted octanol–water partition coefficient (Wildman–Crippen LogP) is 4.12. The van der Waals surface area contributed by atoms with Gasteiger partial charge >= 0.3 is 0 Å². The minimum absolute atomic E-state index is 0.0328. The third kappa shape index (κ3) is 8.30. The third-order valence-electron chi connectivity index (χ3n) is 7.34. The van der Waals surface area contributed by atoms with Gasteiger partial charge < -0.3 is 10.6 Å². The first-order chi connectivity index (χ1) is 20.9. The topological polar surface area (TPSA) is 112 Å². The van der Waals surface area contributed by atoms with E-state index in [-0.39, 0.29) is 49.2 Å². The number of piperazine rings is 1. The summed E-state index contributed by atoms with van der Waals surface area (Å²) in [6.45, 7) is 0.145. The Hall–Kier alpha value is -3.17. The largest absolute Gasteiger partial charge is 0.324 e. The fraction of sp³-hybridized carbons (Fsp3) is 0.379. The summed E-state index contributed by atoms with van der Waals surface area (Å²) in [5.41, 5.74) is 0.467. The molecule has 0 saturated carbocycles. The molecule has 0 radical (unpaired) electrons. The predicted molar refractivity (Wildman–Crippen MR) is 157 cm³/mol. The normalized spacial score (nSPS) is 18.5. The molecule has 3 atom stereocenters. The number of hydrogen-bond acceptors (Lipinski definition) is 6. The van der Waals surface area contributed by atoms with E-state index in [0.29, 0.717) is 18.2 Å². The summed E-state index contributed by atoms with van der Waals surface area (Å²) in [4.78, 5) is 15.4. The molecule has 0 bridgehead atoms. The van der Waals surface area contributed by atoms with Gasteiger partial charge in [-0.1, -0.05) is 12.1 Å². The van der Waals surface area contributed by atoms with Crippen LogP contribution in [0.1, 0.15) is 35.4 Å². The Kier molecular flexibility index (Phi) is 11.3. The number of carbonyl (C=O) groups is 1. The smallest absolute Gasteiger partial charge is 0.231 e. The van der Waals surface area contributed by atoms with Crippen molar-refractivity contribution in [1.82, 2.24) is 20.3 Å². The number of aromatic nitrogens is 1. The molecule has 15 heteroatoms. The highest BCUT2D eigenvalue weighted by Crippen LogP contribution is 2.31. The van der Waals surface area contributed by atoms with Gasteiger partial charge in [0, 0.05) is 50.1 Å². The molecule has 4 N–H and O–H groups in total. The maximum atomic E-state index is 15.1. The molecule has 2 aromatic carbocycles. The maximum absolute atomic E-state index is 15.1. The van der Waals surface area contributed by atoms with Gasteiger partial charge in [0.15, 0.2) is 0 Å². The highest BCUT2D eigenvalue weighted by molar-refractivity contribution is 7.90. The lowest BCUT2D eigenvalue weighted by atomic mass is 9.88. The molecule has 1 aromatic heterocycles. The molecular weight excluding hydrogens is 629 g/mol. The zero-order valence-electron chi connectivity index (χ0n) is 23.4. The molecule has 4 rings (SSSR count). The molecule has 8 nitrogen and oxygen atoms in total. The minimum atomic E-state index is -4.19. The first-order valence-corrected chi connectivity index (χ1v) is 15.7. The molecular formula is C29H31ClF5N5O3S. The Balaban J connectivity index is 1.57. The Bertz CT molecular complexity index is 1540. The molecule has 3 aromatic rings. The molecule has 2 heterocycles. The summed E-state index contributed by atoms with van der Waals surface area (Å²) < 4.78 is 99.4. The van der Waals surface area contributed by atoms with Crippen LogP contribution < -0.4 is 20.7 Å². The van der Waals surface area contributed by atoms with Gasteiger partial charge in [0.05, 0.1) is 24.0 Å². The Labute approximate surface area is 256 Å². The zero-order valence-corrected chi connectivity index (χ0v) is 24.9. The molecule has 238 valence electrons. The standard InChI is InChI=1S/C29H31ClF5N5O3S/c30-13-23(34)14-39-44(42,43)29(17-36-7-8-38-29)6-5-24-26(35)15-37-16-27(24)40-28(41)12-25(18-1-3-20(31)4-2-18)19-9-21(32)11-22(33)10-19/h1-4,9-11,15-16,23,25,36,38-39H,5-8,12-14,17H2,(H,40,41)/t23?,25-,29-/m0/s1. The number of alkyl halides is 2. The van der Waals surface area contributed by atoms with E-state index in [2.05, 4.69) is 25.7 Å². The Morgan fingerprint density at radius 3 is 2.34 bits per heavy atom. The van der Waals surface area contributed by atoms with Crippen molar-refractivity contribution in [3.05, 3.63) is 94.8 Å².